The molecule has 1 aliphatic heterocycles. The minimum absolute atomic E-state index is 0.277. The van der Waals surface area contributed by atoms with Crippen LogP contribution >= 0.6 is 23.2 Å². The van der Waals surface area contributed by atoms with Gasteiger partial charge >= 0.3 is 0 Å². The summed E-state index contributed by atoms with van der Waals surface area (Å²) in [6.07, 6.45) is 1.09. The largest absolute Gasteiger partial charge is 0.381 e. The molecule has 1 fully saturated rings. The summed E-state index contributed by atoms with van der Waals surface area (Å²) in [5, 5.41) is 4.88. The highest BCUT2D eigenvalue weighted by Gasteiger charge is 2.26. The molecule has 1 aliphatic rings. The number of hydrogen-bond donors (Lipinski definition) is 1. The molecule has 1 heterocycles. The van der Waals surface area contributed by atoms with Crippen LogP contribution in [0.3, 0.4) is 0 Å². The number of benzene rings is 1. The van der Waals surface area contributed by atoms with Crippen molar-refractivity contribution in [1.82, 2.24) is 5.32 Å². The van der Waals surface area contributed by atoms with Crippen LogP contribution in [0.1, 0.15) is 24.9 Å². The van der Waals surface area contributed by atoms with E-state index in [0.29, 0.717) is 16.0 Å². The molecule has 1 aromatic carbocycles. The Hall–Kier alpha value is -0.280. The molecular weight excluding hydrogens is 257 g/mol. The van der Waals surface area contributed by atoms with Crippen molar-refractivity contribution in [2.45, 2.75) is 19.4 Å². The van der Waals surface area contributed by atoms with E-state index in [1.165, 1.54) is 0 Å². The molecule has 2 nitrogen and oxygen atoms in total. The molecule has 0 bridgehead atoms. The Morgan fingerprint density at radius 2 is 2.06 bits per heavy atom. The van der Waals surface area contributed by atoms with Gasteiger partial charge in [0.2, 0.25) is 0 Å². The van der Waals surface area contributed by atoms with Gasteiger partial charge in [-0.2, -0.15) is 0 Å². The van der Waals surface area contributed by atoms with Gasteiger partial charge in [-0.3, -0.25) is 0 Å². The lowest BCUT2D eigenvalue weighted by Crippen LogP contribution is -2.28. The van der Waals surface area contributed by atoms with E-state index in [1.807, 2.05) is 12.1 Å². The van der Waals surface area contributed by atoms with Gasteiger partial charge in [0.05, 0.1) is 6.61 Å². The van der Waals surface area contributed by atoms with Crippen LogP contribution in [-0.4, -0.2) is 19.8 Å². The Morgan fingerprint density at radius 3 is 2.59 bits per heavy atom. The molecule has 0 radical (unpaired) electrons. The second-order valence-corrected chi connectivity index (χ2v) is 5.23. The van der Waals surface area contributed by atoms with Crippen molar-refractivity contribution in [3.05, 3.63) is 33.8 Å². The van der Waals surface area contributed by atoms with Crippen molar-refractivity contribution in [1.29, 1.82) is 0 Å². The lowest BCUT2D eigenvalue weighted by molar-refractivity contribution is 0.177. The molecule has 1 N–H and O–H groups in total. The van der Waals surface area contributed by atoms with Crippen LogP contribution < -0.4 is 5.32 Å². The SMILES string of the molecule is CCNC(c1cc(Cl)cc(Cl)c1)C1CCOC1. The number of rotatable bonds is 4. The lowest BCUT2D eigenvalue weighted by Gasteiger charge is -2.24. The molecule has 4 heteroatoms. The van der Waals surface area contributed by atoms with Gasteiger partial charge in [-0.05, 0) is 36.7 Å². The molecule has 0 amide bonds. The van der Waals surface area contributed by atoms with Crippen molar-refractivity contribution in [3.8, 4) is 0 Å². The Balaban J connectivity index is 2.24. The molecule has 0 aliphatic carbocycles. The third-order valence-corrected chi connectivity index (χ3v) is 3.54. The summed E-state index contributed by atoms with van der Waals surface area (Å²) >= 11 is 12.1. The first-order chi connectivity index (χ1) is 8.20. The van der Waals surface area contributed by atoms with E-state index in [0.717, 1.165) is 31.7 Å². The fraction of sp³-hybridized carbons (Fsp3) is 0.538. The van der Waals surface area contributed by atoms with E-state index in [4.69, 9.17) is 27.9 Å². The summed E-state index contributed by atoms with van der Waals surface area (Å²) < 4.78 is 5.46. The van der Waals surface area contributed by atoms with Crippen molar-refractivity contribution in [2.75, 3.05) is 19.8 Å². The van der Waals surface area contributed by atoms with Gasteiger partial charge in [-0.25, -0.2) is 0 Å². The van der Waals surface area contributed by atoms with Gasteiger partial charge in [0.25, 0.3) is 0 Å². The molecule has 2 unspecified atom stereocenters. The molecule has 94 valence electrons. The van der Waals surface area contributed by atoms with Crippen LogP contribution in [0.4, 0.5) is 0 Å². The van der Waals surface area contributed by atoms with E-state index in [-0.39, 0.29) is 6.04 Å². The molecule has 1 aromatic rings. The van der Waals surface area contributed by atoms with Crippen LogP contribution in [0.2, 0.25) is 10.0 Å². The molecular formula is C13H17Cl2NO. The van der Waals surface area contributed by atoms with E-state index in [1.54, 1.807) is 6.07 Å². The van der Waals surface area contributed by atoms with E-state index in [9.17, 15) is 0 Å². The predicted octanol–water partition coefficient (Wildman–Crippen LogP) is 3.68. The van der Waals surface area contributed by atoms with Crippen molar-refractivity contribution in [2.24, 2.45) is 5.92 Å². The number of ether oxygens (including phenoxy) is 1. The number of hydrogen-bond acceptors (Lipinski definition) is 2. The molecule has 2 atom stereocenters. The topological polar surface area (TPSA) is 21.3 Å². The van der Waals surface area contributed by atoms with E-state index >= 15 is 0 Å². The third kappa shape index (κ3) is 3.35. The quantitative estimate of drug-likeness (QED) is 0.904. The van der Waals surface area contributed by atoms with E-state index in [2.05, 4.69) is 12.2 Å². The second-order valence-electron chi connectivity index (χ2n) is 4.36. The van der Waals surface area contributed by atoms with Crippen LogP contribution in [-0.2, 0) is 4.74 Å². The molecule has 1 saturated heterocycles. The van der Waals surface area contributed by atoms with Gasteiger partial charge < -0.3 is 10.1 Å². The van der Waals surface area contributed by atoms with Crippen LogP contribution in [0.5, 0.6) is 0 Å². The average Bonchev–Trinajstić information content (AvgIpc) is 2.77. The average molecular weight is 274 g/mol. The van der Waals surface area contributed by atoms with Crippen LogP contribution in [0, 0.1) is 5.92 Å². The predicted molar refractivity (Wildman–Crippen MR) is 71.8 cm³/mol. The molecule has 0 spiro atoms. The Morgan fingerprint density at radius 1 is 1.35 bits per heavy atom. The lowest BCUT2D eigenvalue weighted by atomic mass is 9.92. The fourth-order valence-electron chi connectivity index (χ4n) is 2.35. The zero-order chi connectivity index (χ0) is 12.3. The maximum atomic E-state index is 6.06. The van der Waals surface area contributed by atoms with Crippen molar-refractivity contribution < 1.29 is 4.74 Å². The molecule has 0 saturated carbocycles. The maximum absolute atomic E-state index is 6.06. The van der Waals surface area contributed by atoms with Crippen LogP contribution in [0.15, 0.2) is 18.2 Å². The molecule has 0 aromatic heterocycles. The first-order valence-electron chi connectivity index (χ1n) is 5.98. The van der Waals surface area contributed by atoms with Gasteiger partial charge in [0, 0.05) is 28.6 Å². The Bertz CT molecular complexity index is 357. The molecule has 17 heavy (non-hydrogen) atoms. The van der Waals surface area contributed by atoms with E-state index < -0.39 is 0 Å². The number of halogens is 2. The fourth-order valence-corrected chi connectivity index (χ4v) is 2.89. The van der Waals surface area contributed by atoms with Gasteiger partial charge in [-0.1, -0.05) is 30.1 Å². The third-order valence-electron chi connectivity index (χ3n) is 3.10. The summed E-state index contributed by atoms with van der Waals surface area (Å²) in [6, 6.07) is 6.01. The first-order valence-corrected chi connectivity index (χ1v) is 6.73. The summed E-state index contributed by atoms with van der Waals surface area (Å²) in [5.74, 6) is 0.504. The highest BCUT2D eigenvalue weighted by Crippen LogP contribution is 2.31. The first kappa shape index (κ1) is 13.2. The minimum atomic E-state index is 0.277. The monoisotopic (exact) mass is 273 g/mol. The highest BCUT2D eigenvalue weighted by molar-refractivity contribution is 6.34. The molecule has 2 rings (SSSR count). The highest BCUT2D eigenvalue weighted by atomic mass is 35.5. The smallest absolute Gasteiger partial charge is 0.0513 e. The number of nitrogens with one attached hydrogen (secondary N) is 1. The van der Waals surface area contributed by atoms with Gasteiger partial charge in [-0.15, -0.1) is 0 Å². The van der Waals surface area contributed by atoms with Crippen molar-refractivity contribution in [3.63, 3.8) is 0 Å². The van der Waals surface area contributed by atoms with Gasteiger partial charge in [0.15, 0.2) is 0 Å². The second kappa shape index (κ2) is 6.05. The Kier molecular flexibility index (Phi) is 4.69. The van der Waals surface area contributed by atoms with Crippen LogP contribution in [0.25, 0.3) is 0 Å². The Labute approximate surface area is 112 Å². The minimum Gasteiger partial charge on any atom is -0.381 e. The summed E-state index contributed by atoms with van der Waals surface area (Å²) in [5.41, 5.74) is 1.15. The standard InChI is InChI=1S/C13H17Cl2NO/c1-2-16-13(9-3-4-17-8-9)10-5-11(14)7-12(15)6-10/h5-7,9,13,16H,2-4,8H2,1H3. The maximum Gasteiger partial charge on any atom is 0.0513 e. The van der Waals surface area contributed by atoms with Crippen molar-refractivity contribution >= 4 is 23.2 Å². The zero-order valence-corrected chi connectivity index (χ0v) is 11.4. The summed E-state index contributed by atoms with van der Waals surface area (Å²) in [4.78, 5) is 0. The normalized spacial score (nSPS) is 21.7. The summed E-state index contributed by atoms with van der Waals surface area (Å²) in [7, 11) is 0. The zero-order valence-electron chi connectivity index (χ0n) is 9.88. The summed E-state index contributed by atoms with van der Waals surface area (Å²) in [6.45, 7) is 4.68. The van der Waals surface area contributed by atoms with Gasteiger partial charge in [0.1, 0.15) is 0 Å².